The summed E-state index contributed by atoms with van der Waals surface area (Å²) >= 11 is 0. The molecule has 0 radical (unpaired) electrons. The molecular weight excluding hydrogens is 438 g/mol. The Bertz CT molecular complexity index is 1170. The largest absolute Gasteiger partial charge is 0.322 e. The van der Waals surface area contributed by atoms with E-state index in [1.165, 1.54) is 24.3 Å². The quantitative estimate of drug-likeness (QED) is 0.498. The van der Waals surface area contributed by atoms with E-state index < -0.39 is 26.0 Å². The van der Waals surface area contributed by atoms with Crippen molar-refractivity contribution in [2.45, 2.75) is 38.0 Å². The monoisotopic (exact) mass is 465 g/mol. The van der Waals surface area contributed by atoms with Gasteiger partial charge in [0.1, 0.15) is 0 Å². The Morgan fingerprint density at radius 2 is 1.71 bits per heavy atom. The van der Waals surface area contributed by atoms with Crippen LogP contribution in [-0.4, -0.2) is 35.0 Å². The van der Waals surface area contributed by atoms with Crippen LogP contribution < -0.4 is 14.8 Å². The molecule has 2 aromatic rings. The summed E-state index contributed by atoms with van der Waals surface area (Å²) in [7, 11) is -7.16. The summed E-state index contributed by atoms with van der Waals surface area (Å²) in [6.45, 7) is 3.87. The zero-order valence-corrected chi connectivity index (χ0v) is 19.1. The van der Waals surface area contributed by atoms with Gasteiger partial charge in [-0.2, -0.15) is 0 Å². The minimum atomic E-state index is -3.69. The van der Waals surface area contributed by atoms with Gasteiger partial charge in [0.05, 0.1) is 16.3 Å². The van der Waals surface area contributed by atoms with Crippen molar-refractivity contribution in [3.63, 3.8) is 0 Å². The third-order valence-corrected chi connectivity index (χ3v) is 7.88. The van der Waals surface area contributed by atoms with Crippen molar-refractivity contribution < 1.29 is 21.6 Å². The van der Waals surface area contributed by atoms with Crippen LogP contribution in [0.4, 0.5) is 11.4 Å². The van der Waals surface area contributed by atoms with Gasteiger partial charge >= 0.3 is 0 Å². The molecule has 10 heteroatoms. The van der Waals surface area contributed by atoms with Crippen LogP contribution in [0.2, 0.25) is 0 Å². The summed E-state index contributed by atoms with van der Waals surface area (Å²) in [5, 5.41) is 2.73. The molecule has 0 atom stereocenters. The highest BCUT2D eigenvalue weighted by Gasteiger charge is 2.24. The van der Waals surface area contributed by atoms with Gasteiger partial charge in [0, 0.05) is 17.8 Å². The molecule has 1 aliphatic carbocycles. The molecule has 1 saturated carbocycles. The summed E-state index contributed by atoms with van der Waals surface area (Å²) in [6.07, 6.45) is 2.54. The number of hydrogen-bond acceptors (Lipinski definition) is 5. The van der Waals surface area contributed by atoms with E-state index >= 15 is 0 Å². The maximum Gasteiger partial charge on any atom is 0.255 e. The fourth-order valence-electron chi connectivity index (χ4n) is 3.00. The molecule has 0 spiro atoms. The topological polar surface area (TPSA) is 121 Å². The lowest BCUT2D eigenvalue weighted by Gasteiger charge is -2.14. The second-order valence-corrected chi connectivity index (χ2v) is 11.3. The summed E-state index contributed by atoms with van der Waals surface area (Å²) in [5.41, 5.74) is 1.56. The summed E-state index contributed by atoms with van der Waals surface area (Å²) in [5.74, 6) is -0.0961. The van der Waals surface area contributed by atoms with E-state index in [4.69, 9.17) is 0 Å². The van der Waals surface area contributed by atoms with Crippen molar-refractivity contribution in [1.29, 1.82) is 0 Å². The van der Waals surface area contributed by atoms with Crippen molar-refractivity contribution in [1.82, 2.24) is 4.72 Å². The predicted molar refractivity (Wildman–Crippen MR) is 121 cm³/mol. The number of nitrogens with one attached hydrogen (secondary N) is 3. The number of benzene rings is 2. The molecule has 2 aromatic carbocycles. The van der Waals surface area contributed by atoms with Crippen LogP contribution in [0, 0.1) is 12.8 Å². The molecule has 0 heterocycles. The van der Waals surface area contributed by atoms with Crippen molar-refractivity contribution >= 4 is 37.3 Å². The van der Waals surface area contributed by atoms with Gasteiger partial charge in [-0.25, -0.2) is 21.6 Å². The number of sulfonamides is 2. The van der Waals surface area contributed by atoms with Crippen LogP contribution in [-0.2, 0) is 20.0 Å². The van der Waals surface area contributed by atoms with Crippen LogP contribution >= 0.6 is 0 Å². The second-order valence-electron chi connectivity index (χ2n) is 7.68. The third-order valence-electron chi connectivity index (χ3n) is 4.99. The summed E-state index contributed by atoms with van der Waals surface area (Å²) in [4.78, 5) is 12.8. The Morgan fingerprint density at radius 1 is 1.03 bits per heavy atom. The van der Waals surface area contributed by atoms with Crippen LogP contribution in [0.25, 0.3) is 0 Å². The van der Waals surface area contributed by atoms with Gasteiger partial charge in [0.2, 0.25) is 20.0 Å². The molecule has 8 nitrogen and oxygen atoms in total. The minimum absolute atomic E-state index is 0.000918. The molecule has 31 heavy (non-hydrogen) atoms. The molecule has 3 rings (SSSR count). The van der Waals surface area contributed by atoms with Gasteiger partial charge < -0.3 is 5.32 Å². The van der Waals surface area contributed by atoms with Crippen LogP contribution in [0.15, 0.2) is 47.4 Å². The van der Waals surface area contributed by atoms with Crippen molar-refractivity contribution in [2.24, 2.45) is 5.92 Å². The van der Waals surface area contributed by atoms with Crippen molar-refractivity contribution in [3.8, 4) is 0 Å². The molecular formula is C21H27N3O5S2. The molecule has 0 bridgehead atoms. The van der Waals surface area contributed by atoms with E-state index in [9.17, 15) is 21.6 Å². The zero-order valence-electron chi connectivity index (χ0n) is 17.5. The van der Waals surface area contributed by atoms with Crippen LogP contribution in [0.5, 0.6) is 0 Å². The predicted octanol–water partition coefficient (Wildman–Crippen LogP) is 3.09. The number of hydrogen-bond donors (Lipinski definition) is 3. The first-order chi connectivity index (χ1) is 14.6. The van der Waals surface area contributed by atoms with E-state index in [1.807, 2.05) is 0 Å². The maximum absolute atomic E-state index is 12.8. The highest BCUT2D eigenvalue weighted by atomic mass is 32.2. The Hall–Kier alpha value is -2.43. The van der Waals surface area contributed by atoms with Crippen molar-refractivity contribution in [2.75, 3.05) is 22.3 Å². The zero-order chi connectivity index (χ0) is 22.6. The third kappa shape index (κ3) is 6.28. The van der Waals surface area contributed by atoms with Gasteiger partial charge in [0.15, 0.2) is 0 Å². The molecule has 1 amide bonds. The first-order valence-electron chi connectivity index (χ1n) is 10.1. The van der Waals surface area contributed by atoms with Gasteiger partial charge in [-0.05, 0) is 68.0 Å². The number of anilines is 2. The van der Waals surface area contributed by atoms with E-state index in [0.717, 1.165) is 12.8 Å². The second kappa shape index (κ2) is 9.37. The smallest absolute Gasteiger partial charge is 0.255 e. The first-order valence-corrected chi connectivity index (χ1v) is 13.3. The molecule has 3 N–H and O–H groups in total. The fraction of sp³-hybridized carbons (Fsp3) is 0.381. The molecule has 0 saturated heterocycles. The van der Waals surface area contributed by atoms with E-state index in [0.29, 0.717) is 35.8 Å². The minimum Gasteiger partial charge on any atom is -0.322 e. The van der Waals surface area contributed by atoms with E-state index in [2.05, 4.69) is 14.8 Å². The van der Waals surface area contributed by atoms with Gasteiger partial charge in [-0.3, -0.25) is 9.52 Å². The highest BCUT2D eigenvalue weighted by molar-refractivity contribution is 7.92. The molecule has 0 aromatic heterocycles. The molecule has 1 fully saturated rings. The highest BCUT2D eigenvalue weighted by Crippen LogP contribution is 2.28. The number of amides is 1. The normalized spacial score (nSPS) is 14.3. The number of carbonyl (C=O) groups excluding carboxylic acids is 1. The van der Waals surface area contributed by atoms with E-state index in [1.54, 1.807) is 32.0 Å². The lowest BCUT2D eigenvalue weighted by Crippen LogP contribution is -2.26. The number of carbonyl (C=O) groups is 1. The maximum atomic E-state index is 12.8. The Morgan fingerprint density at radius 3 is 2.39 bits per heavy atom. The lowest BCUT2D eigenvalue weighted by atomic mass is 10.1. The summed E-state index contributed by atoms with van der Waals surface area (Å²) in [6, 6.07) is 10.7. The van der Waals surface area contributed by atoms with Gasteiger partial charge in [0.25, 0.3) is 5.91 Å². The summed E-state index contributed by atoms with van der Waals surface area (Å²) < 4.78 is 54.2. The van der Waals surface area contributed by atoms with Gasteiger partial charge in [-0.15, -0.1) is 0 Å². The lowest BCUT2D eigenvalue weighted by molar-refractivity contribution is 0.102. The average molecular weight is 466 g/mol. The van der Waals surface area contributed by atoms with E-state index in [-0.39, 0.29) is 16.2 Å². The fourth-order valence-corrected chi connectivity index (χ4v) is 5.36. The van der Waals surface area contributed by atoms with Gasteiger partial charge in [-0.1, -0.05) is 19.1 Å². The first kappa shape index (κ1) is 23.2. The standard InChI is InChI=1S/C21H27N3O5S2/c1-3-12-30(26,27)24-20-9-5-8-19(15(20)2)23-21(25)17-6-4-7-18(13-17)31(28,29)22-14-16-10-11-16/h4-9,13,16,22,24H,3,10-12,14H2,1-2H3,(H,23,25). The molecule has 0 unspecified atom stereocenters. The molecule has 0 aliphatic heterocycles. The van der Waals surface area contributed by atoms with Crippen LogP contribution in [0.3, 0.4) is 0 Å². The Kier molecular flexibility index (Phi) is 7.03. The Balaban J connectivity index is 1.76. The molecule has 1 aliphatic rings. The SMILES string of the molecule is CCCS(=O)(=O)Nc1cccc(NC(=O)c2cccc(S(=O)(=O)NCC3CC3)c2)c1C. The van der Waals surface area contributed by atoms with Crippen LogP contribution in [0.1, 0.15) is 42.1 Å². The average Bonchev–Trinajstić information content (AvgIpc) is 3.54. The Labute approximate surface area is 183 Å². The molecule has 168 valence electrons. The van der Waals surface area contributed by atoms with Crippen molar-refractivity contribution in [3.05, 3.63) is 53.6 Å². The number of rotatable bonds is 10.